The fraction of sp³-hybridized carbons (Fsp3) is 0.313. The molecule has 7 nitrogen and oxygen atoms in total. The molecule has 74 heavy (non-hydrogen) atoms. The van der Waals surface area contributed by atoms with Crippen molar-refractivity contribution >= 4 is 10.8 Å². The monoisotopic (exact) mass is 990 g/mol. The van der Waals surface area contributed by atoms with Crippen molar-refractivity contribution in [1.29, 1.82) is 0 Å². The zero-order valence-corrected chi connectivity index (χ0v) is 45.6. The predicted octanol–water partition coefficient (Wildman–Crippen LogP) is 18.8. The molecule has 0 aliphatic heterocycles. The largest absolute Gasteiger partial charge is 0.488 e. The number of benzene rings is 8. The summed E-state index contributed by atoms with van der Waals surface area (Å²) in [5.74, 6) is 7.83. The van der Waals surface area contributed by atoms with Crippen molar-refractivity contribution in [3.8, 4) is 57.5 Å². The lowest BCUT2D eigenvalue weighted by molar-refractivity contribution is -0.00320. The first kappa shape index (κ1) is 53.1. The lowest BCUT2D eigenvalue weighted by atomic mass is 9.72. The van der Waals surface area contributed by atoms with Crippen molar-refractivity contribution in [2.75, 3.05) is 0 Å². The Labute approximate surface area is 440 Å². The topological polar surface area (TPSA) is 81.4 Å². The maximum absolute atomic E-state index is 7.42. The van der Waals surface area contributed by atoms with E-state index in [0.717, 1.165) is 80.6 Å². The van der Waals surface area contributed by atoms with E-state index in [4.69, 9.17) is 34.2 Å². The number of aryl methyl sites for hydroxylation is 2. The van der Waals surface area contributed by atoms with Crippen LogP contribution in [0.2, 0.25) is 0 Å². The molecule has 0 aromatic heterocycles. The van der Waals surface area contributed by atoms with Crippen LogP contribution in [0.25, 0.3) is 10.8 Å². The molecule has 8 aromatic carbocycles. The molecular weight excluding hydrogens is 915 g/mol. The molecule has 3 unspecified atom stereocenters. The smallest absolute Gasteiger partial charge is 0.130 e. The van der Waals surface area contributed by atoms with Gasteiger partial charge in [0.2, 0.25) is 0 Å². The highest BCUT2D eigenvalue weighted by molar-refractivity contribution is 5.85. The van der Waals surface area contributed by atoms with Crippen molar-refractivity contribution in [2.24, 2.45) is 5.73 Å². The van der Waals surface area contributed by atoms with Gasteiger partial charge in [-0.05, 0) is 219 Å². The Morgan fingerprint density at radius 3 is 1.27 bits per heavy atom. The fourth-order valence-corrected chi connectivity index (χ4v) is 9.31. The van der Waals surface area contributed by atoms with E-state index in [-0.39, 0.29) is 16.9 Å². The molecule has 0 fully saturated rings. The molecule has 0 radical (unpaired) electrons. The van der Waals surface area contributed by atoms with Crippen molar-refractivity contribution in [2.45, 2.75) is 137 Å². The molecule has 0 aliphatic rings. The summed E-state index contributed by atoms with van der Waals surface area (Å²) < 4.78 is 38.4. The number of nitrogens with two attached hydrogens (primary N) is 1. The van der Waals surface area contributed by atoms with Crippen LogP contribution in [0.5, 0.6) is 57.5 Å². The van der Waals surface area contributed by atoms with E-state index in [9.17, 15) is 0 Å². The number of hydrogen-bond acceptors (Lipinski definition) is 7. The van der Waals surface area contributed by atoms with Gasteiger partial charge in [0.25, 0.3) is 0 Å². The third-order valence-electron chi connectivity index (χ3n) is 15.4. The Hall–Kier alpha value is -7.22. The average molecular weight is 990 g/mol. The molecule has 0 aliphatic carbocycles. The van der Waals surface area contributed by atoms with Crippen LogP contribution in [-0.4, -0.2) is 11.2 Å². The normalized spacial score (nSPS) is 13.9. The maximum atomic E-state index is 7.42. The van der Waals surface area contributed by atoms with Crippen molar-refractivity contribution in [3.05, 3.63) is 203 Å². The first-order chi connectivity index (χ1) is 35.3. The maximum Gasteiger partial charge on any atom is 0.130 e. The molecule has 384 valence electrons. The van der Waals surface area contributed by atoms with Gasteiger partial charge >= 0.3 is 0 Å². The second-order valence-corrected chi connectivity index (χ2v) is 21.3. The Morgan fingerprint density at radius 2 is 0.811 bits per heavy atom. The van der Waals surface area contributed by atoms with Crippen molar-refractivity contribution in [1.82, 2.24) is 0 Å². The van der Waals surface area contributed by atoms with E-state index in [1.54, 1.807) is 0 Å². The zero-order valence-electron chi connectivity index (χ0n) is 45.6. The van der Waals surface area contributed by atoms with Gasteiger partial charge in [-0.2, -0.15) is 0 Å². The van der Waals surface area contributed by atoms with E-state index in [1.807, 2.05) is 103 Å². The Bertz CT molecular complexity index is 3160. The van der Waals surface area contributed by atoms with Crippen LogP contribution in [0.3, 0.4) is 0 Å². The summed E-state index contributed by atoms with van der Waals surface area (Å²) >= 11 is 0. The third kappa shape index (κ3) is 12.1. The molecule has 0 saturated carbocycles. The molecule has 2 N–H and O–H groups in total. The molecule has 7 heteroatoms. The second kappa shape index (κ2) is 22.1. The highest BCUT2D eigenvalue weighted by atomic mass is 16.5. The number of rotatable bonds is 21. The van der Waals surface area contributed by atoms with E-state index in [1.165, 1.54) is 16.7 Å². The molecule has 8 rings (SSSR count). The van der Waals surface area contributed by atoms with Gasteiger partial charge in [-0.25, -0.2) is 0 Å². The van der Waals surface area contributed by atoms with Gasteiger partial charge < -0.3 is 34.2 Å². The minimum Gasteiger partial charge on any atom is -0.488 e. The molecular formula is C67H75NO6. The SMILES string of the molecule is CCC(C)(C)Oc1ccc(C(C)c2ccc(Oc3ccc(Oc4ccc(C(N)(CC)C(C)(CC)Oc5ccc6ccc(Oc7ccc(Oc8ccc(C(C)(C)CC)cc8)cc7)cc6c5)cc4)cc3)c(C)c2)cc1C. The summed E-state index contributed by atoms with van der Waals surface area (Å²) in [4.78, 5) is 0. The Kier molecular flexibility index (Phi) is 15.8. The summed E-state index contributed by atoms with van der Waals surface area (Å²) in [5.41, 5.74) is 12.7. The fourth-order valence-electron chi connectivity index (χ4n) is 9.31. The minimum atomic E-state index is -0.815. The standard InChI is InChI=1S/C67H75NO6/c1-13-64(8,9)52-21-27-54(28-22-52)69-56-31-33-58(34-32-56)71-60-25-17-48-18-26-61(44-51(48)43-60)73-66(12,15-3)67(68,16-4)53-23-29-55(30-24-53)70-57-35-37-59(38-36-57)72-62-39-19-49(41-45(62)5)47(7)50-20-40-63(46(6)42-50)74-65(10,11)14-2/h17-44,47H,13-16,68H2,1-12H3. The van der Waals surface area contributed by atoms with Crippen LogP contribution >= 0.6 is 0 Å². The van der Waals surface area contributed by atoms with Crippen LogP contribution in [0, 0.1) is 13.8 Å². The molecule has 8 aromatic rings. The summed E-state index contributed by atoms with van der Waals surface area (Å²) in [6.45, 7) is 25.9. The number of hydrogen-bond donors (Lipinski definition) is 1. The minimum absolute atomic E-state index is 0.129. The first-order valence-corrected chi connectivity index (χ1v) is 26.4. The molecule has 0 spiro atoms. The van der Waals surface area contributed by atoms with Gasteiger partial charge in [0.1, 0.15) is 68.7 Å². The third-order valence-corrected chi connectivity index (χ3v) is 15.4. The quantitative estimate of drug-likeness (QED) is 0.0768. The summed E-state index contributed by atoms with van der Waals surface area (Å²) in [5, 5.41) is 2.08. The van der Waals surface area contributed by atoms with Gasteiger partial charge in [0, 0.05) is 5.92 Å². The lowest BCUT2D eigenvalue weighted by Crippen LogP contribution is -2.59. The van der Waals surface area contributed by atoms with Gasteiger partial charge in [0.05, 0.1) is 5.54 Å². The van der Waals surface area contributed by atoms with Crippen LogP contribution in [0.15, 0.2) is 170 Å². The van der Waals surface area contributed by atoms with Crippen molar-refractivity contribution < 1.29 is 28.4 Å². The molecule has 3 atom stereocenters. The van der Waals surface area contributed by atoms with Gasteiger partial charge in [-0.15, -0.1) is 0 Å². The van der Waals surface area contributed by atoms with Crippen molar-refractivity contribution in [3.63, 3.8) is 0 Å². The van der Waals surface area contributed by atoms with E-state index in [0.29, 0.717) is 30.1 Å². The van der Waals surface area contributed by atoms with Crippen LogP contribution in [0.4, 0.5) is 0 Å². The number of ether oxygens (including phenoxy) is 6. The van der Waals surface area contributed by atoms with Gasteiger partial charge in [-0.3, -0.25) is 0 Å². The summed E-state index contributed by atoms with van der Waals surface area (Å²) in [6, 6.07) is 57.0. The molecule has 0 heterocycles. The predicted molar refractivity (Wildman–Crippen MR) is 304 cm³/mol. The zero-order chi connectivity index (χ0) is 52.8. The summed E-state index contributed by atoms with van der Waals surface area (Å²) in [6.07, 6.45) is 3.34. The molecule has 0 saturated heterocycles. The Balaban J connectivity index is 0.876. The second-order valence-electron chi connectivity index (χ2n) is 21.3. The summed E-state index contributed by atoms with van der Waals surface area (Å²) in [7, 11) is 0. The van der Waals surface area contributed by atoms with Crippen LogP contribution in [0.1, 0.15) is 134 Å². The average Bonchev–Trinajstić information content (AvgIpc) is 3.40. The number of fused-ring (bicyclic) bond motifs is 1. The molecule has 0 bridgehead atoms. The van der Waals surface area contributed by atoms with Crippen LogP contribution < -0.4 is 34.2 Å². The van der Waals surface area contributed by atoms with E-state index in [2.05, 4.69) is 150 Å². The highest BCUT2D eigenvalue weighted by Gasteiger charge is 2.46. The van der Waals surface area contributed by atoms with E-state index < -0.39 is 11.1 Å². The van der Waals surface area contributed by atoms with Gasteiger partial charge in [-0.1, -0.05) is 109 Å². The lowest BCUT2D eigenvalue weighted by Gasteiger charge is -2.46. The van der Waals surface area contributed by atoms with Gasteiger partial charge in [0.15, 0.2) is 0 Å². The van der Waals surface area contributed by atoms with E-state index >= 15 is 0 Å². The first-order valence-electron chi connectivity index (χ1n) is 26.4. The molecule has 0 amide bonds. The van der Waals surface area contributed by atoms with Crippen LogP contribution in [-0.2, 0) is 11.0 Å². The Morgan fingerprint density at radius 1 is 0.392 bits per heavy atom. The highest BCUT2D eigenvalue weighted by Crippen LogP contribution is 2.42.